The third-order valence-corrected chi connectivity index (χ3v) is 3.72. The number of benzene rings is 2. The standard InChI is InChI=1S/C17H17N5.3ClH.Ti/c1-22(10-16-18-12-6-2-3-7-13(12)19-16)11-17-20-14-8-4-5-9-15(14)21-17;;;;/h2-9H,10-11H2,1H3,(H,18,19)(H,20,21);3*1H;/q;;;;+4/p-3. The average molecular weight is 446 g/mol. The molecule has 2 N–H and O–H groups in total. The van der Waals surface area contributed by atoms with Crippen molar-refractivity contribution in [3.63, 3.8) is 0 Å². The summed E-state index contributed by atoms with van der Waals surface area (Å²) in [4.78, 5) is 18.1. The maximum absolute atomic E-state index is 4.97. The molecule has 5 nitrogen and oxygen atoms in total. The van der Waals surface area contributed by atoms with Crippen molar-refractivity contribution in [1.82, 2.24) is 24.8 Å². The zero-order valence-corrected chi connectivity index (χ0v) is 17.8. The van der Waals surface area contributed by atoms with Crippen molar-refractivity contribution in [2.24, 2.45) is 0 Å². The normalized spacial score (nSPS) is 11.0. The van der Waals surface area contributed by atoms with E-state index in [1.165, 1.54) is 0 Å². The van der Waals surface area contributed by atoms with Crippen LogP contribution in [0.5, 0.6) is 0 Å². The number of imidazole rings is 2. The zero-order valence-electron chi connectivity index (χ0n) is 14.0. The predicted octanol–water partition coefficient (Wildman–Crippen LogP) is 5.14. The number of fused-ring (bicyclic) bond motifs is 2. The fraction of sp³-hybridized carbons (Fsp3) is 0.176. The van der Waals surface area contributed by atoms with Crippen LogP contribution in [0.15, 0.2) is 48.5 Å². The molecular formula is C17H17Cl3N5Ti+. The quantitative estimate of drug-likeness (QED) is 0.428. The topological polar surface area (TPSA) is 60.6 Å². The molecule has 2 heterocycles. The van der Waals surface area contributed by atoms with Crippen LogP contribution in [-0.4, -0.2) is 31.9 Å². The summed E-state index contributed by atoms with van der Waals surface area (Å²) in [5.41, 5.74) is 4.17. The van der Waals surface area contributed by atoms with E-state index in [2.05, 4.69) is 31.9 Å². The fourth-order valence-corrected chi connectivity index (χ4v) is 2.73. The summed E-state index contributed by atoms with van der Waals surface area (Å²) in [5, 5.41) is 0. The Bertz CT molecular complexity index is 840. The second-order valence-electron chi connectivity index (χ2n) is 5.79. The van der Waals surface area contributed by atoms with Gasteiger partial charge >= 0.3 is 42.6 Å². The van der Waals surface area contributed by atoms with Gasteiger partial charge in [-0.05, 0) is 31.3 Å². The molecule has 0 fully saturated rings. The molecule has 0 bridgehead atoms. The molecular weight excluding hydrogens is 428 g/mol. The number of aromatic nitrogens is 4. The second kappa shape index (κ2) is 9.22. The van der Waals surface area contributed by atoms with E-state index in [1.807, 2.05) is 48.5 Å². The van der Waals surface area contributed by atoms with Crippen molar-refractivity contribution in [2.45, 2.75) is 13.1 Å². The molecule has 134 valence electrons. The number of nitrogens with one attached hydrogen (secondary N) is 2. The summed E-state index contributed by atoms with van der Waals surface area (Å²) in [6, 6.07) is 16.2. The Balaban J connectivity index is 0.000000447. The van der Waals surface area contributed by atoms with E-state index in [4.69, 9.17) is 27.9 Å². The van der Waals surface area contributed by atoms with Gasteiger partial charge < -0.3 is 9.97 Å². The fourth-order valence-electron chi connectivity index (χ4n) is 2.73. The number of para-hydroxylation sites is 4. The molecule has 26 heavy (non-hydrogen) atoms. The van der Waals surface area contributed by atoms with Gasteiger partial charge in [-0.2, -0.15) is 0 Å². The van der Waals surface area contributed by atoms with Gasteiger partial charge in [0, 0.05) is 0 Å². The molecule has 0 saturated carbocycles. The second-order valence-corrected chi connectivity index (χ2v) is 13.5. The molecule has 4 aromatic rings. The van der Waals surface area contributed by atoms with Gasteiger partial charge in [-0.1, -0.05) is 24.3 Å². The van der Waals surface area contributed by atoms with Crippen molar-refractivity contribution in [3.8, 4) is 0 Å². The molecule has 2 aromatic carbocycles. The van der Waals surface area contributed by atoms with Gasteiger partial charge in [0.25, 0.3) is 0 Å². The molecule has 2 aromatic heterocycles. The van der Waals surface area contributed by atoms with Crippen LogP contribution in [0.1, 0.15) is 11.6 Å². The molecule has 0 radical (unpaired) electrons. The van der Waals surface area contributed by atoms with Gasteiger partial charge in [-0.3, -0.25) is 4.90 Å². The first-order valence-electron chi connectivity index (χ1n) is 7.90. The number of H-pyrrole nitrogens is 2. The van der Waals surface area contributed by atoms with Gasteiger partial charge in [-0.15, -0.1) is 0 Å². The van der Waals surface area contributed by atoms with E-state index in [0.29, 0.717) is 0 Å². The summed E-state index contributed by atoms with van der Waals surface area (Å²) in [7, 11) is 17.0. The summed E-state index contributed by atoms with van der Waals surface area (Å²) in [6.45, 7) is 1.51. The Morgan fingerprint density at radius 1 is 0.808 bits per heavy atom. The van der Waals surface area contributed by atoms with E-state index in [0.717, 1.165) is 46.8 Å². The Kier molecular flexibility index (Phi) is 6.98. The molecule has 4 rings (SSSR count). The van der Waals surface area contributed by atoms with Crippen LogP contribution in [0, 0.1) is 0 Å². The van der Waals surface area contributed by atoms with Gasteiger partial charge in [-0.25, -0.2) is 9.97 Å². The third kappa shape index (κ3) is 5.46. The van der Waals surface area contributed by atoms with Gasteiger partial charge in [0.05, 0.1) is 35.2 Å². The predicted molar refractivity (Wildman–Crippen MR) is 105 cm³/mol. The Morgan fingerprint density at radius 3 is 1.58 bits per heavy atom. The van der Waals surface area contributed by atoms with Crippen molar-refractivity contribution in [1.29, 1.82) is 0 Å². The van der Waals surface area contributed by atoms with Gasteiger partial charge in [0.15, 0.2) is 0 Å². The SMILES string of the molecule is CN(Cc1nc2ccccc2[nH]1)Cc1nc2ccccc2[nH]1.[Cl][Ti+]([Cl])[Cl]. The van der Waals surface area contributed by atoms with Crippen LogP contribution in [0.4, 0.5) is 0 Å². The van der Waals surface area contributed by atoms with Crippen LogP contribution in [0.2, 0.25) is 0 Å². The molecule has 0 amide bonds. The summed E-state index contributed by atoms with van der Waals surface area (Å²) < 4.78 is 0. The van der Waals surface area contributed by atoms with E-state index in [-0.39, 0.29) is 0 Å². The van der Waals surface area contributed by atoms with E-state index in [9.17, 15) is 0 Å². The van der Waals surface area contributed by atoms with Crippen molar-refractivity contribution >= 4 is 50.0 Å². The van der Waals surface area contributed by atoms with E-state index in [1.54, 1.807) is 0 Å². The van der Waals surface area contributed by atoms with Crippen molar-refractivity contribution in [2.75, 3.05) is 7.05 Å². The Labute approximate surface area is 169 Å². The Morgan fingerprint density at radius 2 is 1.19 bits per heavy atom. The minimum absolute atomic E-state index is 0.756. The zero-order chi connectivity index (χ0) is 18.5. The first-order chi connectivity index (χ1) is 12.5. The van der Waals surface area contributed by atoms with Crippen LogP contribution < -0.4 is 0 Å². The summed E-state index contributed by atoms with van der Waals surface area (Å²) in [6.07, 6.45) is 0. The molecule has 0 unspecified atom stereocenters. The average Bonchev–Trinajstić information content (AvgIpc) is 3.16. The van der Waals surface area contributed by atoms with Crippen molar-refractivity contribution in [3.05, 3.63) is 60.2 Å². The van der Waals surface area contributed by atoms with Gasteiger partial charge in [0.1, 0.15) is 11.6 Å². The molecule has 9 heteroatoms. The van der Waals surface area contributed by atoms with Crippen LogP contribution in [0.25, 0.3) is 22.1 Å². The number of aromatic amines is 2. The van der Waals surface area contributed by atoms with Crippen LogP contribution in [-0.2, 0) is 27.8 Å². The molecule has 0 aliphatic heterocycles. The van der Waals surface area contributed by atoms with Crippen LogP contribution >= 0.6 is 27.9 Å². The minimum atomic E-state index is -1.92. The number of halogens is 3. The Hall–Kier alpha value is -1.08. The number of rotatable bonds is 4. The monoisotopic (exact) mass is 444 g/mol. The number of hydrogen-bond donors (Lipinski definition) is 2. The number of nitrogens with zero attached hydrogens (tertiary/aromatic N) is 3. The maximum atomic E-state index is 4.97. The van der Waals surface area contributed by atoms with Crippen molar-refractivity contribution < 1.29 is 14.7 Å². The number of hydrogen-bond acceptors (Lipinski definition) is 3. The third-order valence-electron chi connectivity index (χ3n) is 3.72. The van der Waals surface area contributed by atoms with E-state index < -0.39 is 14.7 Å². The molecule has 0 spiro atoms. The van der Waals surface area contributed by atoms with Crippen LogP contribution in [0.3, 0.4) is 0 Å². The molecule has 0 saturated heterocycles. The molecule has 0 atom stereocenters. The van der Waals surface area contributed by atoms with Gasteiger partial charge in [0.2, 0.25) is 0 Å². The first kappa shape index (κ1) is 19.7. The van der Waals surface area contributed by atoms with E-state index >= 15 is 0 Å². The summed E-state index contributed by atoms with van der Waals surface area (Å²) in [5.74, 6) is 1.94. The summed E-state index contributed by atoms with van der Waals surface area (Å²) >= 11 is -1.92. The molecule has 0 aliphatic carbocycles. The first-order valence-corrected chi connectivity index (χ1v) is 14.3. The molecule has 0 aliphatic rings.